The van der Waals surface area contributed by atoms with E-state index in [1.165, 1.54) is 6.08 Å². The maximum absolute atomic E-state index is 13.1. The SMILES string of the molecule is CCOc1ccc2oc(C)c(C(=O)Oc3cccc(C=CC(=O)c4ccc(-c5ccccc5)cc4)c3)c2c1. The summed E-state index contributed by atoms with van der Waals surface area (Å²) >= 11 is 0. The van der Waals surface area contributed by atoms with Crippen LogP contribution in [-0.2, 0) is 0 Å². The average molecular weight is 503 g/mol. The zero-order valence-electron chi connectivity index (χ0n) is 21.1. The number of benzene rings is 4. The van der Waals surface area contributed by atoms with Crippen LogP contribution in [0.3, 0.4) is 0 Å². The normalized spacial score (nSPS) is 11.1. The van der Waals surface area contributed by atoms with Crippen LogP contribution in [0.25, 0.3) is 28.2 Å². The van der Waals surface area contributed by atoms with Crippen LogP contribution in [0.1, 0.15) is 39.0 Å². The van der Waals surface area contributed by atoms with E-state index < -0.39 is 5.97 Å². The van der Waals surface area contributed by atoms with E-state index in [2.05, 4.69) is 0 Å². The largest absolute Gasteiger partial charge is 0.494 e. The highest BCUT2D eigenvalue weighted by Gasteiger charge is 2.21. The fourth-order valence-electron chi connectivity index (χ4n) is 4.27. The first-order valence-electron chi connectivity index (χ1n) is 12.4. The minimum absolute atomic E-state index is 0.113. The highest BCUT2D eigenvalue weighted by atomic mass is 16.5. The molecule has 188 valence electrons. The molecule has 0 bridgehead atoms. The van der Waals surface area contributed by atoms with Gasteiger partial charge in [0.15, 0.2) is 5.78 Å². The summed E-state index contributed by atoms with van der Waals surface area (Å²) < 4.78 is 17.0. The second-order valence-corrected chi connectivity index (χ2v) is 8.73. The third-order valence-corrected chi connectivity index (χ3v) is 6.12. The van der Waals surface area contributed by atoms with Gasteiger partial charge in [-0.2, -0.15) is 0 Å². The van der Waals surface area contributed by atoms with E-state index in [0.29, 0.717) is 46.0 Å². The van der Waals surface area contributed by atoms with Gasteiger partial charge in [0.2, 0.25) is 0 Å². The molecule has 38 heavy (non-hydrogen) atoms. The quantitative estimate of drug-likeness (QED) is 0.0933. The molecule has 0 saturated carbocycles. The summed E-state index contributed by atoms with van der Waals surface area (Å²) in [6, 6.07) is 29.9. The van der Waals surface area contributed by atoms with Crippen LogP contribution in [0.4, 0.5) is 0 Å². The van der Waals surface area contributed by atoms with Crippen LogP contribution in [-0.4, -0.2) is 18.4 Å². The lowest BCUT2D eigenvalue weighted by molar-refractivity contribution is 0.0734. The molecule has 4 aromatic carbocycles. The minimum Gasteiger partial charge on any atom is -0.494 e. The Labute approximate surface area is 220 Å². The Kier molecular flexibility index (Phi) is 7.18. The van der Waals surface area contributed by atoms with Gasteiger partial charge in [-0.1, -0.05) is 72.8 Å². The maximum Gasteiger partial charge on any atom is 0.347 e. The molecule has 0 aliphatic rings. The van der Waals surface area contributed by atoms with Gasteiger partial charge in [-0.3, -0.25) is 4.79 Å². The summed E-state index contributed by atoms with van der Waals surface area (Å²) in [6.07, 6.45) is 3.22. The number of aryl methyl sites for hydroxylation is 1. The van der Waals surface area contributed by atoms with Gasteiger partial charge in [0.05, 0.1) is 6.61 Å². The first-order valence-corrected chi connectivity index (χ1v) is 12.4. The van der Waals surface area contributed by atoms with Crippen molar-refractivity contribution in [1.82, 2.24) is 0 Å². The molecular formula is C33H26O5. The van der Waals surface area contributed by atoms with Gasteiger partial charge in [-0.05, 0) is 66.9 Å². The summed E-state index contributed by atoms with van der Waals surface area (Å²) in [5.41, 5.74) is 4.42. The van der Waals surface area contributed by atoms with Crippen molar-refractivity contribution in [3.8, 4) is 22.6 Å². The molecule has 1 heterocycles. The second-order valence-electron chi connectivity index (χ2n) is 8.73. The fourth-order valence-corrected chi connectivity index (χ4v) is 4.27. The van der Waals surface area contributed by atoms with E-state index in [0.717, 1.165) is 16.7 Å². The van der Waals surface area contributed by atoms with Crippen molar-refractivity contribution < 1.29 is 23.5 Å². The summed E-state index contributed by atoms with van der Waals surface area (Å²) in [6.45, 7) is 4.15. The molecule has 5 aromatic rings. The number of esters is 1. The molecule has 1 aromatic heterocycles. The summed E-state index contributed by atoms with van der Waals surface area (Å²) in [5.74, 6) is 0.856. The van der Waals surface area contributed by atoms with Crippen LogP contribution in [0.2, 0.25) is 0 Å². The Morgan fingerprint density at radius 2 is 1.58 bits per heavy atom. The lowest BCUT2D eigenvalue weighted by atomic mass is 10.0. The van der Waals surface area contributed by atoms with E-state index in [-0.39, 0.29) is 5.78 Å². The van der Waals surface area contributed by atoms with Gasteiger partial charge in [0.25, 0.3) is 0 Å². The van der Waals surface area contributed by atoms with Crippen LogP contribution in [0.15, 0.2) is 108 Å². The maximum atomic E-state index is 13.1. The molecule has 5 rings (SSSR count). The van der Waals surface area contributed by atoms with Gasteiger partial charge in [-0.25, -0.2) is 4.79 Å². The summed E-state index contributed by atoms with van der Waals surface area (Å²) in [5, 5.41) is 0.637. The number of carbonyl (C=O) groups excluding carboxylic acids is 2. The van der Waals surface area contributed by atoms with Crippen LogP contribution < -0.4 is 9.47 Å². The number of fused-ring (bicyclic) bond motifs is 1. The number of ketones is 1. The van der Waals surface area contributed by atoms with Crippen molar-refractivity contribution in [2.24, 2.45) is 0 Å². The van der Waals surface area contributed by atoms with Crippen molar-refractivity contribution in [2.75, 3.05) is 6.61 Å². The fraction of sp³-hybridized carbons (Fsp3) is 0.0909. The Balaban J connectivity index is 1.30. The number of hydrogen-bond acceptors (Lipinski definition) is 5. The molecule has 0 saturated heterocycles. The number of rotatable bonds is 8. The van der Waals surface area contributed by atoms with E-state index in [9.17, 15) is 9.59 Å². The molecular weight excluding hydrogens is 476 g/mol. The molecule has 0 N–H and O–H groups in total. The number of hydrogen-bond donors (Lipinski definition) is 0. The molecule has 5 nitrogen and oxygen atoms in total. The predicted octanol–water partition coefficient (Wildman–Crippen LogP) is 7.92. The van der Waals surface area contributed by atoms with Crippen molar-refractivity contribution in [3.05, 3.63) is 126 Å². The number of allylic oxidation sites excluding steroid dienone is 1. The van der Waals surface area contributed by atoms with Crippen LogP contribution in [0, 0.1) is 6.92 Å². The van der Waals surface area contributed by atoms with Gasteiger partial charge in [0, 0.05) is 10.9 Å². The molecule has 0 unspecified atom stereocenters. The van der Waals surface area contributed by atoms with Gasteiger partial charge < -0.3 is 13.9 Å². The summed E-state index contributed by atoms with van der Waals surface area (Å²) in [4.78, 5) is 25.8. The topological polar surface area (TPSA) is 65.7 Å². The van der Waals surface area contributed by atoms with Crippen LogP contribution >= 0.6 is 0 Å². The van der Waals surface area contributed by atoms with Crippen molar-refractivity contribution in [1.29, 1.82) is 0 Å². The standard InChI is InChI=1S/C33H26O5/c1-3-36-27-17-19-31-29(21-27)32(22(2)37-31)33(35)38-28-11-7-8-23(20-28)12-18-30(34)26-15-13-25(14-16-26)24-9-5-4-6-10-24/h4-21H,3H2,1-2H3. The van der Waals surface area contributed by atoms with Crippen molar-refractivity contribution in [3.63, 3.8) is 0 Å². The third kappa shape index (κ3) is 5.42. The van der Waals surface area contributed by atoms with Gasteiger partial charge in [-0.15, -0.1) is 0 Å². The molecule has 0 spiro atoms. The molecule has 5 heteroatoms. The Morgan fingerprint density at radius 1 is 0.816 bits per heavy atom. The van der Waals surface area contributed by atoms with E-state index in [1.54, 1.807) is 49.4 Å². The molecule has 0 aliphatic carbocycles. The Morgan fingerprint density at radius 3 is 2.34 bits per heavy atom. The zero-order valence-corrected chi connectivity index (χ0v) is 21.1. The third-order valence-electron chi connectivity index (χ3n) is 6.12. The minimum atomic E-state index is -0.523. The van der Waals surface area contributed by atoms with E-state index in [4.69, 9.17) is 13.9 Å². The lowest BCUT2D eigenvalue weighted by Gasteiger charge is -2.06. The van der Waals surface area contributed by atoms with Crippen molar-refractivity contribution >= 4 is 28.8 Å². The number of furan rings is 1. The van der Waals surface area contributed by atoms with E-state index in [1.807, 2.05) is 67.6 Å². The van der Waals surface area contributed by atoms with Gasteiger partial charge >= 0.3 is 5.97 Å². The highest BCUT2D eigenvalue weighted by molar-refractivity contribution is 6.07. The van der Waals surface area contributed by atoms with Gasteiger partial charge in [0.1, 0.15) is 28.4 Å². The first kappa shape index (κ1) is 24.8. The smallest absolute Gasteiger partial charge is 0.347 e. The highest BCUT2D eigenvalue weighted by Crippen LogP contribution is 2.30. The second kappa shape index (κ2) is 11.0. The summed E-state index contributed by atoms with van der Waals surface area (Å²) in [7, 11) is 0. The van der Waals surface area contributed by atoms with E-state index >= 15 is 0 Å². The van der Waals surface area contributed by atoms with Crippen LogP contribution in [0.5, 0.6) is 11.5 Å². The molecule has 0 radical (unpaired) electrons. The first-order chi connectivity index (χ1) is 18.5. The molecule has 0 fully saturated rings. The monoisotopic (exact) mass is 502 g/mol. The predicted molar refractivity (Wildman–Crippen MR) is 149 cm³/mol. The molecule has 0 aliphatic heterocycles. The number of ether oxygens (including phenoxy) is 2. The molecule has 0 atom stereocenters. The average Bonchev–Trinajstić information content (AvgIpc) is 3.28. The zero-order chi connectivity index (χ0) is 26.5. The lowest BCUT2D eigenvalue weighted by Crippen LogP contribution is -2.09. The number of carbonyl (C=O) groups is 2. The Hall–Kier alpha value is -4.90. The Bertz CT molecular complexity index is 1630. The molecule has 0 amide bonds. The van der Waals surface area contributed by atoms with Crippen molar-refractivity contribution in [2.45, 2.75) is 13.8 Å².